The molecule has 2 aromatic carbocycles. The zero-order chi connectivity index (χ0) is 20.9. The molecule has 0 amide bonds. The van der Waals surface area contributed by atoms with Crippen molar-refractivity contribution in [1.82, 2.24) is 0 Å². The molecule has 0 heterocycles. The Labute approximate surface area is 170 Å². The predicted octanol–water partition coefficient (Wildman–Crippen LogP) is 6.21. The number of benzene rings is 2. The van der Waals surface area contributed by atoms with Crippen LogP contribution in [-0.4, -0.2) is 17.4 Å². The van der Waals surface area contributed by atoms with Gasteiger partial charge in [0.25, 0.3) is 0 Å². The second-order valence-electron chi connectivity index (χ2n) is 7.48. The lowest BCUT2D eigenvalue weighted by Gasteiger charge is -2.17. The van der Waals surface area contributed by atoms with Crippen molar-refractivity contribution in [3.63, 3.8) is 0 Å². The first-order valence-corrected chi connectivity index (χ1v) is 9.49. The second kappa shape index (κ2) is 9.16. The van der Waals surface area contributed by atoms with Crippen LogP contribution >= 0.6 is 11.6 Å². The lowest BCUT2D eigenvalue weighted by molar-refractivity contribution is -0.148. The summed E-state index contributed by atoms with van der Waals surface area (Å²) in [4.78, 5) is 24.6. The van der Waals surface area contributed by atoms with Crippen LogP contribution in [0.5, 0.6) is 0 Å². The average molecular weight is 403 g/mol. The lowest BCUT2D eigenvalue weighted by Crippen LogP contribution is -2.22. The average Bonchev–Trinajstić information content (AvgIpc) is 2.61. The molecule has 0 saturated heterocycles. The third-order valence-corrected chi connectivity index (χ3v) is 4.40. The van der Waals surface area contributed by atoms with Crippen molar-refractivity contribution in [3.05, 3.63) is 76.1 Å². The van der Waals surface area contributed by atoms with E-state index in [-0.39, 0.29) is 10.8 Å². The number of esters is 1. The first kappa shape index (κ1) is 21.8. The van der Waals surface area contributed by atoms with Gasteiger partial charge in [-0.05, 0) is 56.5 Å². The van der Waals surface area contributed by atoms with Crippen LogP contribution in [0.4, 0.5) is 4.39 Å². The molecule has 148 valence electrons. The number of halogens is 2. The number of hydrogen-bond donors (Lipinski definition) is 0. The van der Waals surface area contributed by atoms with E-state index in [0.29, 0.717) is 17.5 Å². The summed E-state index contributed by atoms with van der Waals surface area (Å²) in [6.07, 6.45) is 3.54. The quantitative estimate of drug-likeness (QED) is 0.327. The number of hydrogen-bond acceptors (Lipinski definition) is 3. The molecule has 5 heteroatoms. The molecule has 0 aliphatic carbocycles. The minimum absolute atomic E-state index is 0.0846. The maximum Gasteiger partial charge on any atom is 0.331 e. The van der Waals surface area contributed by atoms with Gasteiger partial charge in [0, 0.05) is 22.6 Å². The van der Waals surface area contributed by atoms with Crippen molar-refractivity contribution < 1.29 is 18.7 Å². The van der Waals surface area contributed by atoms with Crippen molar-refractivity contribution >= 4 is 29.4 Å². The van der Waals surface area contributed by atoms with E-state index in [1.807, 2.05) is 6.92 Å². The number of ketones is 1. The fourth-order valence-corrected chi connectivity index (χ4v) is 3.09. The molecule has 0 bridgehead atoms. The smallest absolute Gasteiger partial charge is 0.331 e. The minimum atomic E-state index is -0.547. The van der Waals surface area contributed by atoms with Gasteiger partial charge >= 0.3 is 5.97 Å². The summed E-state index contributed by atoms with van der Waals surface area (Å²) in [7, 11) is 0. The van der Waals surface area contributed by atoms with Gasteiger partial charge in [-0.2, -0.15) is 0 Å². The SMILES string of the molecule is CCC(C(=O)c1ccc(/C=C/C(=O)OC(C)(C)C)cc1)c1ccc(F)cc1Cl. The number of carbonyl (C=O) groups is 2. The van der Waals surface area contributed by atoms with Gasteiger partial charge in [0.05, 0.1) is 0 Å². The normalized spacial score (nSPS) is 12.8. The van der Waals surface area contributed by atoms with E-state index in [1.165, 1.54) is 18.2 Å². The number of rotatable bonds is 6. The summed E-state index contributed by atoms with van der Waals surface area (Å²) in [5.74, 6) is -1.39. The molecule has 2 rings (SSSR count). The Balaban J connectivity index is 2.15. The van der Waals surface area contributed by atoms with Gasteiger partial charge < -0.3 is 4.74 Å². The van der Waals surface area contributed by atoms with Crippen molar-refractivity contribution in [3.8, 4) is 0 Å². The molecule has 0 aliphatic heterocycles. The van der Waals surface area contributed by atoms with Gasteiger partial charge in [-0.25, -0.2) is 9.18 Å². The van der Waals surface area contributed by atoms with E-state index in [9.17, 15) is 14.0 Å². The Hall–Kier alpha value is -2.46. The summed E-state index contributed by atoms with van der Waals surface area (Å²) < 4.78 is 18.5. The van der Waals surface area contributed by atoms with Crippen LogP contribution < -0.4 is 0 Å². The Morgan fingerprint density at radius 2 is 1.79 bits per heavy atom. The van der Waals surface area contributed by atoms with Crippen LogP contribution in [0.15, 0.2) is 48.5 Å². The van der Waals surface area contributed by atoms with Crippen LogP contribution in [0.1, 0.15) is 61.5 Å². The van der Waals surface area contributed by atoms with Crippen LogP contribution in [0, 0.1) is 5.82 Å². The molecule has 0 spiro atoms. The van der Waals surface area contributed by atoms with Crippen LogP contribution in [0.2, 0.25) is 5.02 Å². The highest BCUT2D eigenvalue weighted by atomic mass is 35.5. The van der Waals surface area contributed by atoms with E-state index < -0.39 is 23.3 Å². The lowest BCUT2D eigenvalue weighted by atomic mass is 9.88. The van der Waals surface area contributed by atoms with E-state index in [1.54, 1.807) is 57.2 Å². The fraction of sp³-hybridized carbons (Fsp3) is 0.304. The zero-order valence-electron chi connectivity index (χ0n) is 16.5. The molecule has 28 heavy (non-hydrogen) atoms. The Morgan fingerprint density at radius 1 is 1.14 bits per heavy atom. The molecule has 2 aromatic rings. The third kappa shape index (κ3) is 6.03. The van der Waals surface area contributed by atoms with Gasteiger partial charge in [-0.3, -0.25) is 4.79 Å². The highest BCUT2D eigenvalue weighted by molar-refractivity contribution is 6.31. The van der Waals surface area contributed by atoms with Crippen molar-refractivity contribution in [2.45, 2.75) is 45.6 Å². The molecular formula is C23H24ClFO3. The molecule has 0 N–H and O–H groups in total. The molecule has 3 nitrogen and oxygen atoms in total. The minimum Gasteiger partial charge on any atom is -0.457 e. The van der Waals surface area contributed by atoms with E-state index >= 15 is 0 Å². The highest BCUT2D eigenvalue weighted by Crippen LogP contribution is 2.30. The zero-order valence-corrected chi connectivity index (χ0v) is 17.2. The Morgan fingerprint density at radius 3 is 2.32 bits per heavy atom. The van der Waals surface area contributed by atoms with E-state index in [0.717, 1.165) is 5.56 Å². The summed E-state index contributed by atoms with van der Waals surface area (Å²) in [5.41, 5.74) is 1.37. The molecular weight excluding hydrogens is 379 g/mol. The van der Waals surface area contributed by atoms with Gasteiger partial charge in [-0.15, -0.1) is 0 Å². The summed E-state index contributed by atoms with van der Waals surface area (Å²) in [5, 5.41) is 0.247. The predicted molar refractivity (Wildman–Crippen MR) is 110 cm³/mol. The Kier molecular flexibility index (Phi) is 7.14. The number of ether oxygens (including phenoxy) is 1. The van der Waals surface area contributed by atoms with Crippen molar-refractivity contribution in [2.24, 2.45) is 0 Å². The second-order valence-corrected chi connectivity index (χ2v) is 7.89. The third-order valence-electron chi connectivity index (χ3n) is 4.08. The van der Waals surface area contributed by atoms with Crippen LogP contribution in [0.25, 0.3) is 6.08 Å². The summed E-state index contributed by atoms with van der Waals surface area (Å²) in [6, 6.07) is 11.0. The van der Waals surface area contributed by atoms with Crippen molar-refractivity contribution in [2.75, 3.05) is 0 Å². The molecule has 0 aromatic heterocycles. The molecule has 0 fully saturated rings. The first-order valence-electron chi connectivity index (χ1n) is 9.11. The molecule has 0 aliphatic rings. The van der Waals surface area contributed by atoms with Crippen molar-refractivity contribution in [1.29, 1.82) is 0 Å². The monoisotopic (exact) mass is 402 g/mol. The van der Waals surface area contributed by atoms with Gasteiger partial charge in [0.2, 0.25) is 0 Å². The molecule has 1 atom stereocenters. The number of Topliss-reactive ketones (excluding diaryl/α,β-unsaturated/α-hetero) is 1. The Bertz CT molecular complexity index is 880. The first-order chi connectivity index (χ1) is 13.1. The van der Waals surface area contributed by atoms with E-state index in [2.05, 4.69) is 0 Å². The maximum atomic E-state index is 13.3. The van der Waals surface area contributed by atoms with Crippen LogP contribution in [-0.2, 0) is 9.53 Å². The maximum absolute atomic E-state index is 13.3. The number of carbonyl (C=O) groups excluding carboxylic acids is 2. The molecule has 1 unspecified atom stereocenters. The fourth-order valence-electron chi connectivity index (χ4n) is 2.79. The highest BCUT2D eigenvalue weighted by Gasteiger charge is 2.22. The summed E-state index contributed by atoms with van der Waals surface area (Å²) >= 11 is 6.13. The van der Waals surface area contributed by atoms with Crippen LogP contribution in [0.3, 0.4) is 0 Å². The van der Waals surface area contributed by atoms with Gasteiger partial charge in [-0.1, -0.05) is 48.9 Å². The standard InChI is InChI=1S/C23H24ClFO3/c1-5-18(19-12-11-17(25)14-20(19)24)22(27)16-9-6-15(7-10-16)8-13-21(26)28-23(2,3)4/h6-14,18H,5H2,1-4H3/b13-8+. The van der Waals surface area contributed by atoms with Gasteiger partial charge in [0.15, 0.2) is 5.78 Å². The largest absolute Gasteiger partial charge is 0.457 e. The molecule has 0 radical (unpaired) electrons. The topological polar surface area (TPSA) is 43.4 Å². The van der Waals surface area contributed by atoms with E-state index in [4.69, 9.17) is 16.3 Å². The summed E-state index contributed by atoms with van der Waals surface area (Å²) in [6.45, 7) is 7.30. The van der Waals surface area contributed by atoms with Gasteiger partial charge in [0.1, 0.15) is 11.4 Å². The molecule has 0 saturated carbocycles.